The van der Waals surface area contributed by atoms with Gasteiger partial charge in [-0.1, -0.05) is 12.1 Å². The summed E-state index contributed by atoms with van der Waals surface area (Å²) in [5, 5.41) is 3.66. The molecule has 0 saturated carbocycles. The number of hydrogen-bond donors (Lipinski definition) is 1. The standard InChI is InChI=1S/C16H20N2O/c1-18-10-4-5-12(18)11-17-15-9-8-14-13(15)6-3-7-16(14)19-2/h3-7,10,15,17H,8-9,11H2,1-2H3. The zero-order valence-electron chi connectivity index (χ0n) is 11.5. The maximum absolute atomic E-state index is 5.44. The van der Waals surface area contributed by atoms with Crippen molar-refractivity contribution >= 4 is 0 Å². The van der Waals surface area contributed by atoms with Crippen LogP contribution in [0.25, 0.3) is 0 Å². The Labute approximate surface area is 114 Å². The van der Waals surface area contributed by atoms with Gasteiger partial charge >= 0.3 is 0 Å². The summed E-state index contributed by atoms with van der Waals surface area (Å²) in [6.07, 6.45) is 4.34. The molecular formula is C16H20N2O. The molecule has 2 aromatic rings. The molecule has 3 heteroatoms. The summed E-state index contributed by atoms with van der Waals surface area (Å²) < 4.78 is 7.60. The average molecular weight is 256 g/mol. The van der Waals surface area contributed by atoms with Gasteiger partial charge in [0.25, 0.3) is 0 Å². The quantitative estimate of drug-likeness (QED) is 0.910. The van der Waals surface area contributed by atoms with Crippen molar-refractivity contribution in [3.8, 4) is 5.75 Å². The van der Waals surface area contributed by atoms with Gasteiger partial charge in [-0.3, -0.25) is 0 Å². The van der Waals surface area contributed by atoms with Crippen LogP contribution in [0.1, 0.15) is 29.3 Å². The van der Waals surface area contributed by atoms with Crippen LogP contribution in [0, 0.1) is 0 Å². The van der Waals surface area contributed by atoms with Crippen molar-refractivity contribution in [2.24, 2.45) is 7.05 Å². The van der Waals surface area contributed by atoms with E-state index in [1.54, 1.807) is 7.11 Å². The molecule has 1 unspecified atom stereocenters. The summed E-state index contributed by atoms with van der Waals surface area (Å²) >= 11 is 0. The first-order chi connectivity index (χ1) is 9.29. The van der Waals surface area contributed by atoms with E-state index in [1.165, 1.54) is 16.8 Å². The first-order valence-electron chi connectivity index (χ1n) is 6.79. The molecule has 0 saturated heterocycles. The van der Waals surface area contributed by atoms with Crippen LogP contribution in [0.15, 0.2) is 36.5 Å². The summed E-state index contributed by atoms with van der Waals surface area (Å²) in [7, 11) is 3.84. The number of benzene rings is 1. The van der Waals surface area contributed by atoms with E-state index in [1.807, 2.05) is 0 Å². The van der Waals surface area contributed by atoms with Crippen LogP contribution in [0.5, 0.6) is 5.75 Å². The lowest BCUT2D eigenvalue weighted by Gasteiger charge is -2.15. The lowest BCUT2D eigenvalue weighted by molar-refractivity contribution is 0.410. The van der Waals surface area contributed by atoms with Gasteiger partial charge in [-0.15, -0.1) is 0 Å². The molecule has 1 aromatic heterocycles. The first kappa shape index (κ1) is 12.3. The van der Waals surface area contributed by atoms with Crippen molar-refractivity contribution in [1.29, 1.82) is 0 Å². The molecule has 100 valence electrons. The second-order valence-corrected chi connectivity index (χ2v) is 5.11. The van der Waals surface area contributed by atoms with Crippen molar-refractivity contribution in [3.05, 3.63) is 53.3 Å². The molecule has 0 bridgehead atoms. The Hall–Kier alpha value is -1.74. The molecular weight excluding hydrogens is 236 g/mol. The number of methoxy groups -OCH3 is 1. The predicted octanol–water partition coefficient (Wildman–Crippen LogP) is 2.81. The molecule has 19 heavy (non-hydrogen) atoms. The van der Waals surface area contributed by atoms with Crippen LogP contribution in [0.3, 0.4) is 0 Å². The highest BCUT2D eigenvalue weighted by Gasteiger charge is 2.24. The molecule has 1 N–H and O–H groups in total. The van der Waals surface area contributed by atoms with Crippen LogP contribution in [-0.2, 0) is 20.0 Å². The number of rotatable bonds is 4. The molecule has 0 aliphatic heterocycles. The van der Waals surface area contributed by atoms with Crippen LogP contribution in [0.2, 0.25) is 0 Å². The smallest absolute Gasteiger partial charge is 0.122 e. The molecule has 3 nitrogen and oxygen atoms in total. The molecule has 3 rings (SSSR count). The Balaban J connectivity index is 1.74. The van der Waals surface area contributed by atoms with Gasteiger partial charge in [0.05, 0.1) is 7.11 Å². The Morgan fingerprint density at radius 3 is 2.95 bits per heavy atom. The molecule has 0 spiro atoms. The monoisotopic (exact) mass is 256 g/mol. The van der Waals surface area contributed by atoms with Gasteiger partial charge in [0.15, 0.2) is 0 Å². The van der Waals surface area contributed by atoms with E-state index in [-0.39, 0.29) is 0 Å². The van der Waals surface area contributed by atoms with Crippen LogP contribution < -0.4 is 10.1 Å². The summed E-state index contributed by atoms with van der Waals surface area (Å²) in [5.74, 6) is 1.03. The number of ether oxygens (including phenoxy) is 1. The molecule has 1 aromatic carbocycles. The number of nitrogens with one attached hydrogen (secondary N) is 1. The number of aromatic nitrogens is 1. The molecule has 0 fully saturated rings. The van der Waals surface area contributed by atoms with Gasteiger partial charge in [0.2, 0.25) is 0 Å². The average Bonchev–Trinajstić information content (AvgIpc) is 3.02. The van der Waals surface area contributed by atoms with Crippen molar-refractivity contribution in [1.82, 2.24) is 9.88 Å². The van der Waals surface area contributed by atoms with Crippen LogP contribution >= 0.6 is 0 Å². The van der Waals surface area contributed by atoms with E-state index in [0.717, 1.165) is 25.1 Å². The summed E-state index contributed by atoms with van der Waals surface area (Å²) in [6, 6.07) is 11.0. The van der Waals surface area contributed by atoms with E-state index in [2.05, 4.69) is 53.5 Å². The van der Waals surface area contributed by atoms with Gasteiger partial charge in [0, 0.05) is 31.5 Å². The van der Waals surface area contributed by atoms with Gasteiger partial charge < -0.3 is 14.6 Å². The van der Waals surface area contributed by atoms with Gasteiger partial charge in [-0.25, -0.2) is 0 Å². The lowest BCUT2D eigenvalue weighted by atomic mass is 10.1. The van der Waals surface area contributed by atoms with Crippen LogP contribution in [-0.4, -0.2) is 11.7 Å². The van der Waals surface area contributed by atoms with E-state index in [4.69, 9.17) is 4.74 Å². The predicted molar refractivity (Wildman–Crippen MR) is 76.3 cm³/mol. The van der Waals surface area contributed by atoms with Crippen molar-refractivity contribution in [3.63, 3.8) is 0 Å². The third-order valence-electron chi connectivity index (χ3n) is 4.03. The Kier molecular flexibility index (Phi) is 3.30. The molecule has 0 radical (unpaired) electrons. The maximum atomic E-state index is 5.44. The Morgan fingerprint density at radius 1 is 1.32 bits per heavy atom. The fourth-order valence-electron chi connectivity index (χ4n) is 2.93. The first-order valence-corrected chi connectivity index (χ1v) is 6.79. The summed E-state index contributed by atoms with van der Waals surface area (Å²) in [6.45, 7) is 0.908. The van der Waals surface area contributed by atoms with E-state index in [9.17, 15) is 0 Å². The van der Waals surface area contributed by atoms with Crippen molar-refractivity contribution in [2.45, 2.75) is 25.4 Å². The minimum Gasteiger partial charge on any atom is -0.496 e. The topological polar surface area (TPSA) is 26.2 Å². The summed E-state index contributed by atoms with van der Waals surface area (Å²) in [4.78, 5) is 0. The largest absolute Gasteiger partial charge is 0.496 e. The molecule has 1 aliphatic carbocycles. The minimum absolute atomic E-state index is 0.444. The normalized spacial score (nSPS) is 17.5. The lowest BCUT2D eigenvalue weighted by Crippen LogP contribution is -2.20. The fourth-order valence-corrected chi connectivity index (χ4v) is 2.93. The number of nitrogens with zero attached hydrogens (tertiary/aromatic N) is 1. The fraction of sp³-hybridized carbons (Fsp3) is 0.375. The molecule has 1 atom stereocenters. The van der Waals surface area contributed by atoms with E-state index in [0.29, 0.717) is 6.04 Å². The Bertz CT molecular complexity index is 574. The second kappa shape index (κ2) is 5.10. The summed E-state index contributed by atoms with van der Waals surface area (Å²) in [5.41, 5.74) is 4.08. The maximum Gasteiger partial charge on any atom is 0.122 e. The number of hydrogen-bond acceptors (Lipinski definition) is 2. The van der Waals surface area contributed by atoms with Gasteiger partial charge in [-0.2, -0.15) is 0 Å². The highest BCUT2D eigenvalue weighted by molar-refractivity contribution is 5.45. The Morgan fingerprint density at radius 2 is 2.21 bits per heavy atom. The van der Waals surface area contributed by atoms with Gasteiger partial charge in [0.1, 0.15) is 5.75 Å². The zero-order chi connectivity index (χ0) is 13.2. The van der Waals surface area contributed by atoms with Crippen molar-refractivity contribution < 1.29 is 4.74 Å². The molecule has 0 amide bonds. The highest BCUT2D eigenvalue weighted by atomic mass is 16.5. The van der Waals surface area contributed by atoms with Crippen molar-refractivity contribution in [2.75, 3.05) is 7.11 Å². The molecule has 1 aliphatic rings. The van der Waals surface area contributed by atoms with E-state index >= 15 is 0 Å². The number of fused-ring (bicyclic) bond motifs is 1. The zero-order valence-corrected chi connectivity index (χ0v) is 11.5. The minimum atomic E-state index is 0.444. The SMILES string of the molecule is COc1cccc2c1CCC2NCc1cccn1C. The molecule has 1 heterocycles. The number of aryl methyl sites for hydroxylation is 1. The third-order valence-corrected chi connectivity index (χ3v) is 4.03. The third kappa shape index (κ3) is 2.26. The van der Waals surface area contributed by atoms with E-state index < -0.39 is 0 Å². The van der Waals surface area contributed by atoms with Crippen LogP contribution in [0.4, 0.5) is 0 Å². The van der Waals surface area contributed by atoms with Gasteiger partial charge in [-0.05, 0) is 42.2 Å². The highest BCUT2D eigenvalue weighted by Crippen LogP contribution is 2.36. The second-order valence-electron chi connectivity index (χ2n) is 5.11.